The number of nitrogens with one attached hydrogen (secondary N) is 1. The Labute approximate surface area is 103 Å². The van der Waals surface area contributed by atoms with Gasteiger partial charge in [-0.05, 0) is 24.5 Å². The van der Waals surface area contributed by atoms with Crippen LogP contribution >= 0.6 is 0 Å². The molecular weight excluding hydrogens is 214 g/mol. The van der Waals surface area contributed by atoms with E-state index in [0.29, 0.717) is 5.92 Å². The molecule has 1 aliphatic heterocycles. The summed E-state index contributed by atoms with van der Waals surface area (Å²) in [5.74, 6) is 1.52. The minimum absolute atomic E-state index is 0.210. The lowest BCUT2D eigenvalue weighted by molar-refractivity contribution is 0.227. The first-order chi connectivity index (χ1) is 8.35. The maximum absolute atomic E-state index is 9.16. The molecule has 0 bridgehead atoms. The molecule has 17 heavy (non-hydrogen) atoms. The van der Waals surface area contributed by atoms with E-state index in [-0.39, 0.29) is 12.6 Å². The smallest absolute Gasteiger partial charge is 0.122 e. The molecule has 1 aromatic rings. The number of hydrogen-bond acceptors (Lipinski definition) is 3. The van der Waals surface area contributed by atoms with Crippen molar-refractivity contribution in [3.63, 3.8) is 0 Å². The van der Waals surface area contributed by atoms with Crippen molar-refractivity contribution in [1.82, 2.24) is 5.32 Å². The van der Waals surface area contributed by atoms with Gasteiger partial charge in [0.2, 0.25) is 0 Å². The van der Waals surface area contributed by atoms with Gasteiger partial charge >= 0.3 is 0 Å². The number of fused-ring (bicyclic) bond motifs is 1. The maximum Gasteiger partial charge on any atom is 0.122 e. The Kier molecular flexibility index (Phi) is 4.40. The van der Waals surface area contributed by atoms with Crippen LogP contribution < -0.4 is 10.1 Å². The van der Waals surface area contributed by atoms with Crippen molar-refractivity contribution in [1.29, 1.82) is 0 Å². The molecule has 1 heterocycles. The third kappa shape index (κ3) is 2.99. The Morgan fingerprint density at radius 1 is 1.47 bits per heavy atom. The monoisotopic (exact) mass is 235 g/mol. The van der Waals surface area contributed by atoms with Crippen molar-refractivity contribution in [3.05, 3.63) is 29.8 Å². The van der Waals surface area contributed by atoms with Crippen molar-refractivity contribution in [2.75, 3.05) is 19.8 Å². The second-order valence-corrected chi connectivity index (χ2v) is 4.57. The minimum Gasteiger partial charge on any atom is -0.493 e. The largest absolute Gasteiger partial charge is 0.493 e. The van der Waals surface area contributed by atoms with Crippen LogP contribution in [0.5, 0.6) is 5.75 Å². The van der Waals surface area contributed by atoms with Gasteiger partial charge in [-0.1, -0.05) is 25.1 Å². The summed E-state index contributed by atoms with van der Waals surface area (Å²) in [4.78, 5) is 0. The van der Waals surface area contributed by atoms with Gasteiger partial charge in [0.25, 0.3) is 0 Å². The molecule has 0 saturated carbocycles. The predicted molar refractivity (Wildman–Crippen MR) is 68.5 cm³/mol. The van der Waals surface area contributed by atoms with E-state index in [2.05, 4.69) is 24.4 Å². The highest BCUT2D eigenvalue weighted by molar-refractivity contribution is 5.37. The maximum atomic E-state index is 9.16. The molecule has 2 unspecified atom stereocenters. The number of benzene rings is 1. The molecule has 0 aliphatic carbocycles. The van der Waals surface area contributed by atoms with Crippen molar-refractivity contribution < 1.29 is 9.84 Å². The van der Waals surface area contributed by atoms with Gasteiger partial charge in [0.05, 0.1) is 13.2 Å². The molecule has 0 spiro atoms. The molecule has 94 valence electrons. The van der Waals surface area contributed by atoms with E-state index in [1.54, 1.807) is 0 Å². The highest BCUT2D eigenvalue weighted by atomic mass is 16.5. The van der Waals surface area contributed by atoms with Crippen LogP contribution in [0.1, 0.15) is 31.2 Å². The van der Waals surface area contributed by atoms with E-state index in [0.717, 1.165) is 31.7 Å². The van der Waals surface area contributed by atoms with E-state index in [1.807, 2.05) is 12.1 Å². The number of aliphatic hydroxyl groups excluding tert-OH is 1. The molecule has 0 amide bonds. The van der Waals surface area contributed by atoms with Crippen molar-refractivity contribution in [2.24, 2.45) is 0 Å². The number of aliphatic hydroxyl groups is 1. The molecule has 1 aliphatic rings. The SMILES string of the molecule is CCC(CO)NCC1CCOc2ccccc21. The second kappa shape index (κ2) is 6.03. The van der Waals surface area contributed by atoms with Crippen LogP contribution in [0, 0.1) is 0 Å². The molecule has 3 nitrogen and oxygen atoms in total. The summed E-state index contributed by atoms with van der Waals surface area (Å²) in [5.41, 5.74) is 1.29. The number of rotatable bonds is 5. The Morgan fingerprint density at radius 3 is 3.06 bits per heavy atom. The van der Waals surface area contributed by atoms with Crippen LogP contribution in [0.4, 0.5) is 0 Å². The van der Waals surface area contributed by atoms with Gasteiger partial charge in [0.15, 0.2) is 0 Å². The predicted octanol–water partition coefficient (Wildman–Crippen LogP) is 1.91. The summed E-state index contributed by atoms with van der Waals surface area (Å²) in [6.45, 7) is 4.01. The van der Waals surface area contributed by atoms with Crippen molar-refractivity contribution in [3.8, 4) is 5.75 Å². The average Bonchev–Trinajstić information content (AvgIpc) is 2.40. The number of para-hydroxylation sites is 1. The second-order valence-electron chi connectivity index (χ2n) is 4.57. The third-order valence-electron chi connectivity index (χ3n) is 3.45. The summed E-state index contributed by atoms with van der Waals surface area (Å²) >= 11 is 0. The average molecular weight is 235 g/mol. The van der Waals surface area contributed by atoms with Crippen LogP contribution in [-0.4, -0.2) is 30.9 Å². The fraction of sp³-hybridized carbons (Fsp3) is 0.571. The lowest BCUT2D eigenvalue weighted by atomic mass is 9.93. The number of hydrogen-bond donors (Lipinski definition) is 2. The van der Waals surface area contributed by atoms with Crippen LogP contribution in [-0.2, 0) is 0 Å². The van der Waals surface area contributed by atoms with Gasteiger partial charge in [0.1, 0.15) is 5.75 Å². The molecule has 2 rings (SSSR count). The van der Waals surface area contributed by atoms with E-state index in [1.165, 1.54) is 5.56 Å². The first-order valence-electron chi connectivity index (χ1n) is 6.41. The lowest BCUT2D eigenvalue weighted by Gasteiger charge is -2.27. The molecule has 3 heteroatoms. The Morgan fingerprint density at radius 2 is 2.29 bits per heavy atom. The summed E-state index contributed by atoms with van der Waals surface area (Å²) in [6.07, 6.45) is 2.01. The topological polar surface area (TPSA) is 41.5 Å². The van der Waals surface area contributed by atoms with Gasteiger partial charge in [-0.3, -0.25) is 0 Å². The van der Waals surface area contributed by atoms with Gasteiger partial charge in [-0.2, -0.15) is 0 Å². The summed E-state index contributed by atoms with van der Waals surface area (Å²) < 4.78 is 5.64. The summed E-state index contributed by atoms with van der Waals surface area (Å²) in [6, 6.07) is 8.46. The van der Waals surface area contributed by atoms with Crippen LogP contribution in [0.2, 0.25) is 0 Å². The molecule has 0 fully saturated rings. The summed E-state index contributed by atoms with van der Waals surface area (Å²) in [5, 5.41) is 12.6. The van der Waals surface area contributed by atoms with Gasteiger partial charge in [0, 0.05) is 18.5 Å². The zero-order valence-corrected chi connectivity index (χ0v) is 10.4. The van der Waals surface area contributed by atoms with Crippen LogP contribution in [0.3, 0.4) is 0 Å². The Hall–Kier alpha value is -1.06. The van der Waals surface area contributed by atoms with E-state index in [4.69, 9.17) is 9.84 Å². The zero-order chi connectivity index (χ0) is 12.1. The van der Waals surface area contributed by atoms with Gasteiger partial charge in [-0.15, -0.1) is 0 Å². The molecular formula is C14H21NO2. The molecule has 0 aromatic heterocycles. The van der Waals surface area contributed by atoms with Gasteiger partial charge < -0.3 is 15.2 Å². The van der Waals surface area contributed by atoms with Crippen LogP contribution in [0.25, 0.3) is 0 Å². The fourth-order valence-corrected chi connectivity index (χ4v) is 2.27. The molecule has 1 aromatic carbocycles. The Bertz CT molecular complexity index is 350. The van der Waals surface area contributed by atoms with E-state index >= 15 is 0 Å². The first-order valence-corrected chi connectivity index (χ1v) is 6.41. The number of ether oxygens (including phenoxy) is 1. The highest BCUT2D eigenvalue weighted by Crippen LogP contribution is 2.32. The highest BCUT2D eigenvalue weighted by Gasteiger charge is 2.21. The standard InChI is InChI=1S/C14H21NO2/c1-2-12(10-16)15-9-11-7-8-17-14-6-4-3-5-13(11)14/h3-6,11-12,15-16H,2,7-10H2,1H3. The van der Waals surface area contributed by atoms with Crippen molar-refractivity contribution in [2.45, 2.75) is 31.7 Å². The lowest BCUT2D eigenvalue weighted by Crippen LogP contribution is -2.36. The minimum atomic E-state index is 0.210. The fourth-order valence-electron chi connectivity index (χ4n) is 2.27. The molecule has 2 N–H and O–H groups in total. The normalized spacial score (nSPS) is 20.5. The molecule has 0 radical (unpaired) electrons. The quantitative estimate of drug-likeness (QED) is 0.819. The first kappa shape index (κ1) is 12.4. The molecule has 2 atom stereocenters. The van der Waals surface area contributed by atoms with Crippen molar-refractivity contribution >= 4 is 0 Å². The van der Waals surface area contributed by atoms with E-state index < -0.39 is 0 Å². The third-order valence-corrected chi connectivity index (χ3v) is 3.45. The van der Waals surface area contributed by atoms with Crippen LogP contribution in [0.15, 0.2) is 24.3 Å². The van der Waals surface area contributed by atoms with Gasteiger partial charge in [-0.25, -0.2) is 0 Å². The Balaban J connectivity index is 1.99. The molecule has 0 saturated heterocycles. The summed E-state index contributed by atoms with van der Waals surface area (Å²) in [7, 11) is 0. The van der Waals surface area contributed by atoms with E-state index in [9.17, 15) is 0 Å². The zero-order valence-electron chi connectivity index (χ0n) is 10.4.